The second-order valence-electron chi connectivity index (χ2n) is 5.33. The van der Waals surface area contributed by atoms with E-state index in [1.165, 1.54) is 10.6 Å². The molecule has 3 rings (SSSR count). The molecule has 0 bridgehead atoms. The first-order valence-electron chi connectivity index (χ1n) is 7.13. The van der Waals surface area contributed by atoms with Gasteiger partial charge >= 0.3 is 0 Å². The first-order chi connectivity index (χ1) is 10.5. The summed E-state index contributed by atoms with van der Waals surface area (Å²) in [5.74, 6) is 1.19. The van der Waals surface area contributed by atoms with Gasteiger partial charge in [-0.25, -0.2) is 9.50 Å². The number of hydrogen-bond acceptors (Lipinski definition) is 6. The van der Waals surface area contributed by atoms with Crippen molar-refractivity contribution in [3.05, 3.63) is 45.7 Å². The lowest BCUT2D eigenvalue weighted by Gasteiger charge is -2.13. The monoisotopic (exact) mass is 302 g/mol. The number of aromatic nitrogens is 5. The number of aryl methyl sites for hydroxylation is 2. The number of fused-ring (bicyclic) bond motifs is 1. The second-order valence-corrected chi connectivity index (χ2v) is 5.33. The maximum Gasteiger partial charge on any atom is 0.272 e. The summed E-state index contributed by atoms with van der Waals surface area (Å²) in [6.45, 7) is 4.90. The predicted octanol–water partition coefficient (Wildman–Crippen LogP) is 0.908. The number of rotatable bonds is 5. The van der Waals surface area contributed by atoms with E-state index in [1.807, 2.05) is 31.9 Å². The van der Waals surface area contributed by atoms with Crippen LogP contribution in [0.15, 0.2) is 21.3 Å². The summed E-state index contributed by atoms with van der Waals surface area (Å²) < 4.78 is 6.92. The van der Waals surface area contributed by atoms with Gasteiger partial charge in [0.1, 0.15) is 0 Å². The second kappa shape index (κ2) is 5.72. The first kappa shape index (κ1) is 14.5. The number of nitrogens with zero attached hydrogens (tertiary/aromatic N) is 5. The minimum absolute atomic E-state index is 0.118. The third kappa shape index (κ3) is 2.91. The van der Waals surface area contributed by atoms with Crippen molar-refractivity contribution < 1.29 is 4.42 Å². The van der Waals surface area contributed by atoms with Crippen LogP contribution < -0.4 is 5.56 Å². The zero-order chi connectivity index (χ0) is 15.7. The van der Waals surface area contributed by atoms with Crippen molar-refractivity contribution in [1.82, 2.24) is 29.7 Å². The van der Waals surface area contributed by atoms with Crippen LogP contribution in [-0.2, 0) is 19.5 Å². The Labute approximate surface area is 126 Å². The van der Waals surface area contributed by atoms with E-state index >= 15 is 0 Å². The Hall–Kier alpha value is -2.48. The molecule has 0 amide bonds. The highest BCUT2D eigenvalue weighted by atomic mass is 16.4. The molecular weight excluding hydrogens is 284 g/mol. The number of nitrogens with one attached hydrogen (secondary N) is 1. The standard InChI is InChI=1S/C14H18N6O2/c1-4-12-16-17-13(22-12)8-19(3)7-10-6-14(21)20-11(15-10)5-9(2)18-20/h5-6,18H,4,7-8H2,1-3H3. The lowest BCUT2D eigenvalue weighted by Crippen LogP contribution is -2.22. The van der Waals surface area contributed by atoms with Gasteiger partial charge in [0.2, 0.25) is 11.8 Å². The van der Waals surface area contributed by atoms with Crippen LogP contribution >= 0.6 is 0 Å². The van der Waals surface area contributed by atoms with Crippen molar-refractivity contribution in [3.63, 3.8) is 0 Å². The molecule has 0 aliphatic rings. The fourth-order valence-corrected chi connectivity index (χ4v) is 2.30. The highest BCUT2D eigenvalue weighted by Crippen LogP contribution is 2.07. The molecule has 1 N–H and O–H groups in total. The Bertz CT molecular complexity index is 847. The summed E-state index contributed by atoms with van der Waals surface area (Å²) in [5.41, 5.74) is 2.11. The molecular formula is C14H18N6O2. The predicted molar refractivity (Wildman–Crippen MR) is 79.4 cm³/mol. The molecule has 0 radical (unpaired) electrons. The fraction of sp³-hybridized carbons (Fsp3) is 0.429. The molecule has 22 heavy (non-hydrogen) atoms. The lowest BCUT2D eigenvalue weighted by atomic mass is 10.3. The van der Waals surface area contributed by atoms with E-state index in [4.69, 9.17) is 4.42 Å². The Morgan fingerprint density at radius 3 is 2.77 bits per heavy atom. The third-order valence-corrected chi connectivity index (χ3v) is 3.28. The van der Waals surface area contributed by atoms with E-state index in [1.54, 1.807) is 0 Å². The van der Waals surface area contributed by atoms with Crippen molar-refractivity contribution in [3.8, 4) is 0 Å². The zero-order valence-corrected chi connectivity index (χ0v) is 12.8. The number of hydrogen-bond donors (Lipinski definition) is 1. The summed E-state index contributed by atoms with van der Waals surface area (Å²) in [6.07, 6.45) is 0.721. The fourth-order valence-electron chi connectivity index (χ4n) is 2.30. The molecule has 3 aromatic rings. The molecule has 3 aromatic heterocycles. The highest BCUT2D eigenvalue weighted by Gasteiger charge is 2.11. The van der Waals surface area contributed by atoms with Crippen LogP contribution in [-0.4, -0.2) is 36.7 Å². The van der Waals surface area contributed by atoms with E-state index in [0.717, 1.165) is 12.1 Å². The van der Waals surface area contributed by atoms with E-state index in [-0.39, 0.29) is 5.56 Å². The van der Waals surface area contributed by atoms with Gasteiger partial charge in [-0.2, -0.15) is 0 Å². The largest absolute Gasteiger partial charge is 0.424 e. The molecule has 0 aliphatic heterocycles. The molecule has 0 unspecified atom stereocenters. The summed E-state index contributed by atoms with van der Waals surface area (Å²) in [4.78, 5) is 18.5. The molecule has 8 heteroatoms. The van der Waals surface area contributed by atoms with Gasteiger partial charge in [0.05, 0.1) is 12.2 Å². The summed E-state index contributed by atoms with van der Waals surface area (Å²) in [7, 11) is 1.92. The Morgan fingerprint density at radius 2 is 2.05 bits per heavy atom. The van der Waals surface area contributed by atoms with Crippen LogP contribution in [0.1, 0.15) is 30.1 Å². The van der Waals surface area contributed by atoms with Crippen molar-refractivity contribution in [2.24, 2.45) is 0 Å². The normalized spacial score (nSPS) is 11.6. The lowest BCUT2D eigenvalue weighted by molar-refractivity contribution is 0.275. The molecule has 0 saturated carbocycles. The van der Waals surface area contributed by atoms with Crippen LogP contribution in [0.5, 0.6) is 0 Å². The molecule has 0 atom stereocenters. The van der Waals surface area contributed by atoms with Gasteiger partial charge < -0.3 is 4.42 Å². The molecule has 0 aromatic carbocycles. The van der Waals surface area contributed by atoms with Crippen molar-refractivity contribution in [1.29, 1.82) is 0 Å². The molecule has 116 valence electrons. The van der Waals surface area contributed by atoms with E-state index in [2.05, 4.69) is 20.3 Å². The van der Waals surface area contributed by atoms with Gasteiger partial charge in [0.15, 0.2) is 5.65 Å². The quantitative estimate of drug-likeness (QED) is 0.753. The van der Waals surface area contributed by atoms with Gasteiger partial charge in [-0.3, -0.25) is 14.8 Å². The van der Waals surface area contributed by atoms with Crippen molar-refractivity contribution >= 4 is 5.65 Å². The van der Waals surface area contributed by atoms with Gasteiger partial charge in [0, 0.05) is 30.8 Å². The van der Waals surface area contributed by atoms with Crippen molar-refractivity contribution in [2.45, 2.75) is 33.4 Å². The minimum Gasteiger partial charge on any atom is -0.424 e. The first-order valence-corrected chi connectivity index (χ1v) is 7.13. The third-order valence-electron chi connectivity index (χ3n) is 3.28. The number of H-pyrrole nitrogens is 1. The molecule has 0 fully saturated rings. The zero-order valence-electron chi connectivity index (χ0n) is 12.8. The molecule has 0 saturated heterocycles. The van der Waals surface area contributed by atoms with Crippen LogP contribution in [0.2, 0.25) is 0 Å². The van der Waals surface area contributed by atoms with Crippen LogP contribution in [0.3, 0.4) is 0 Å². The Morgan fingerprint density at radius 1 is 1.27 bits per heavy atom. The summed E-state index contributed by atoms with van der Waals surface area (Å²) in [5, 5.41) is 10.9. The van der Waals surface area contributed by atoms with E-state index in [9.17, 15) is 4.79 Å². The SMILES string of the molecule is CCc1nnc(CN(C)Cc2cc(=O)n3[nH]c(C)cc3n2)o1. The minimum atomic E-state index is -0.118. The molecule has 3 heterocycles. The van der Waals surface area contributed by atoms with Gasteiger partial charge in [0.25, 0.3) is 5.56 Å². The summed E-state index contributed by atoms with van der Waals surface area (Å²) >= 11 is 0. The molecule has 8 nitrogen and oxygen atoms in total. The average Bonchev–Trinajstić information content (AvgIpc) is 3.04. The molecule has 0 spiro atoms. The van der Waals surface area contributed by atoms with Crippen LogP contribution in [0.25, 0.3) is 5.65 Å². The van der Waals surface area contributed by atoms with E-state index < -0.39 is 0 Å². The van der Waals surface area contributed by atoms with Crippen molar-refractivity contribution in [2.75, 3.05) is 7.05 Å². The number of aromatic amines is 1. The maximum atomic E-state index is 12.0. The topological polar surface area (TPSA) is 92.3 Å². The molecule has 0 aliphatic carbocycles. The Kier molecular flexibility index (Phi) is 3.76. The Balaban J connectivity index is 1.75. The van der Waals surface area contributed by atoms with E-state index in [0.29, 0.717) is 36.2 Å². The van der Waals surface area contributed by atoms with Gasteiger partial charge in [-0.1, -0.05) is 6.92 Å². The van der Waals surface area contributed by atoms with Crippen LogP contribution in [0, 0.1) is 6.92 Å². The highest BCUT2D eigenvalue weighted by molar-refractivity contribution is 5.39. The van der Waals surface area contributed by atoms with Gasteiger partial charge in [-0.15, -0.1) is 10.2 Å². The van der Waals surface area contributed by atoms with Crippen LogP contribution in [0.4, 0.5) is 0 Å². The average molecular weight is 302 g/mol. The maximum absolute atomic E-state index is 12.0. The summed E-state index contributed by atoms with van der Waals surface area (Å²) in [6, 6.07) is 3.38. The van der Waals surface area contributed by atoms with Gasteiger partial charge in [-0.05, 0) is 14.0 Å². The smallest absolute Gasteiger partial charge is 0.272 e.